The highest BCUT2D eigenvalue weighted by Crippen LogP contribution is 2.49. The van der Waals surface area contributed by atoms with Crippen LogP contribution in [-0.4, -0.2) is 53.4 Å². The van der Waals surface area contributed by atoms with Crippen molar-refractivity contribution in [2.75, 3.05) is 27.2 Å². The second-order valence-electron chi connectivity index (χ2n) is 8.37. The largest absolute Gasteiger partial charge is 0.419 e. The maximum atomic E-state index is 12.9. The summed E-state index contributed by atoms with van der Waals surface area (Å²) in [5.41, 5.74) is 1.16. The summed E-state index contributed by atoms with van der Waals surface area (Å²) in [6, 6.07) is 7.22. The number of hydrogen-bond acceptors (Lipinski definition) is 4. The fraction of sp³-hybridized carbons (Fsp3) is 0.571. The number of fused-ring (bicyclic) bond motifs is 1. The topological polar surface area (TPSA) is 75.8 Å². The van der Waals surface area contributed by atoms with Crippen LogP contribution in [0, 0.1) is 11.3 Å². The molecule has 7 nitrogen and oxygen atoms in total. The van der Waals surface area contributed by atoms with Gasteiger partial charge in [0.2, 0.25) is 11.8 Å². The van der Waals surface area contributed by atoms with Crippen molar-refractivity contribution in [3.8, 4) is 0 Å². The van der Waals surface area contributed by atoms with E-state index in [0.717, 1.165) is 25.7 Å². The molecule has 0 bridgehead atoms. The number of rotatable bonds is 4. The molecule has 150 valence electrons. The first kappa shape index (κ1) is 18.8. The Morgan fingerprint density at radius 3 is 2.64 bits per heavy atom. The second-order valence-corrected chi connectivity index (χ2v) is 8.37. The van der Waals surface area contributed by atoms with E-state index in [1.54, 1.807) is 25.1 Å². The molecule has 2 aliphatic rings. The molecule has 1 aromatic carbocycles. The van der Waals surface area contributed by atoms with Crippen molar-refractivity contribution in [3.05, 3.63) is 34.8 Å². The average molecular weight is 385 g/mol. The standard InChI is InChI=1S/C21H27N3O4/c1-22(2)19(26)15-13-23(14-21(15)10-5-6-11-21)18(25)9-12-24-16-7-3-4-8-17(16)28-20(24)27/h3-4,7-8,15H,5-6,9-14H2,1-2H3. The van der Waals surface area contributed by atoms with Gasteiger partial charge in [-0.15, -0.1) is 0 Å². The van der Waals surface area contributed by atoms with Crippen LogP contribution in [0.15, 0.2) is 33.5 Å². The van der Waals surface area contributed by atoms with Gasteiger partial charge in [-0.05, 0) is 25.0 Å². The maximum Gasteiger partial charge on any atom is 0.419 e. The van der Waals surface area contributed by atoms with Crippen molar-refractivity contribution in [1.29, 1.82) is 0 Å². The Morgan fingerprint density at radius 1 is 1.21 bits per heavy atom. The van der Waals surface area contributed by atoms with Gasteiger partial charge in [0.15, 0.2) is 5.58 Å². The van der Waals surface area contributed by atoms with Gasteiger partial charge in [-0.1, -0.05) is 25.0 Å². The van der Waals surface area contributed by atoms with Gasteiger partial charge >= 0.3 is 5.76 Å². The summed E-state index contributed by atoms with van der Waals surface area (Å²) in [7, 11) is 3.57. The number of amides is 2. The average Bonchev–Trinajstić information content (AvgIpc) is 3.37. The van der Waals surface area contributed by atoms with Crippen molar-refractivity contribution in [1.82, 2.24) is 14.4 Å². The predicted octanol–water partition coefficient (Wildman–Crippen LogP) is 2.09. The second kappa shape index (κ2) is 7.11. The molecule has 2 aromatic rings. The van der Waals surface area contributed by atoms with Crippen molar-refractivity contribution < 1.29 is 14.0 Å². The Morgan fingerprint density at radius 2 is 1.93 bits per heavy atom. The number of oxazole rings is 1. The smallest absolute Gasteiger partial charge is 0.408 e. The number of nitrogens with zero attached hydrogens (tertiary/aromatic N) is 3. The fourth-order valence-electron chi connectivity index (χ4n) is 4.99. The maximum absolute atomic E-state index is 12.9. The zero-order chi connectivity index (χ0) is 19.9. The van der Waals surface area contributed by atoms with E-state index >= 15 is 0 Å². The third-order valence-corrected chi connectivity index (χ3v) is 6.46. The van der Waals surface area contributed by atoms with Crippen molar-refractivity contribution >= 4 is 22.9 Å². The number of aryl methyl sites for hydroxylation is 1. The summed E-state index contributed by atoms with van der Waals surface area (Å²) in [4.78, 5) is 41.3. The zero-order valence-corrected chi connectivity index (χ0v) is 16.5. The molecule has 1 unspecified atom stereocenters. The summed E-state index contributed by atoms with van der Waals surface area (Å²) in [5.74, 6) is -0.443. The zero-order valence-electron chi connectivity index (χ0n) is 16.5. The Bertz CT molecular complexity index is 952. The van der Waals surface area contributed by atoms with Crippen LogP contribution < -0.4 is 5.76 Å². The lowest BCUT2D eigenvalue weighted by atomic mass is 9.76. The van der Waals surface area contributed by atoms with Crippen LogP contribution in [0.3, 0.4) is 0 Å². The number of hydrogen-bond donors (Lipinski definition) is 0. The molecule has 2 amide bonds. The quantitative estimate of drug-likeness (QED) is 0.808. The molecule has 1 aliphatic heterocycles. The fourth-order valence-corrected chi connectivity index (χ4v) is 4.99. The van der Waals surface area contributed by atoms with Crippen LogP contribution in [-0.2, 0) is 16.1 Å². The van der Waals surface area contributed by atoms with E-state index in [1.165, 1.54) is 4.57 Å². The molecule has 2 heterocycles. The number of carbonyl (C=O) groups excluding carboxylic acids is 2. The monoisotopic (exact) mass is 385 g/mol. The van der Waals surface area contributed by atoms with E-state index in [4.69, 9.17) is 4.42 Å². The third kappa shape index (κ3) is 3.12. The summed E-state index contributed by atoms with van der Waals surface area (Å²) >= 11 is 0. The molecule has 0 N–H and O–H groups in total. The van der Waals surface area contributed by atoms with E-state index in [1.807, 2.05) is 23.1 Å². The van der Waals surface area contributed by atoms with E-state index in [-0.39, 0.29) is 36.1 Å². The van der Waals surface area contributed by atoms with Crippen LogP contribution >= 0.6 is 0 Å². The lowest BCUT2D eigenvalue weighted by Gasteiger charge is -2.30. The van der Waals surface area contributed by atoms with Gasteiger partial charge in [0, 0.05) is 45.6 Å². The first-order valence-corrected chi connectivity index (χ1v) is 9.99. The molecular formula is C21H27N3O4. The summed E-state index contributed by atoms with van der Waals surface area (Å²) < 4.78 is 6.75. The van der Waals surface area contributed by atoms with Gasteiger partial charge in [0.05, 0.1) is 11.4 Å². The highest BCUT2D eigenvalue weighted by molar-refractivity contribution is 5.83. The molecule has 1 atom stereocenters. The van der Waals surface area contributed by atoms with E-state index < -0.39 is 5.76 Å². The molecule has 2 fully saturated rings. The molecule has 1 spiro atoms. The molecule has 0 radical (unpaired) electrons. The first-order valence-electron chi connectivity index (χ1n) is 9.99. The SMILES string of the molecule is CN(C)C(=O)C1CN(C(=O)CCn2c(=O)oc3ccccc32)CC12CCCC2. The number of aromatic nitrogens is 1. The normalized spacial score (nSPS) is 20.9. The van der Waals surface area contributed by atoms with Crippen LogP contribution in [0.5, 0.6) is 0 Å². The minimum Gasteiger partial charge on any atom is -0.408 e. The Kier molecular flexibility index (Phi) is 4.77. The molecular weight excluding hydrogens is 358 g/mol. The van der Waals surface area contributed by atoms with Gasteiger partial charge in [0.1, 0.15) is 0 Å². The Hall–Kier alpha value is -2.57. The van der Waals surface area contributed by atoms with E-state index in [0.29, 0.717) is 24.2 Å². The molecule has 7 heteroatoms. The number of carbonyl (C=O) groups is 2. The highest BCUT2D eigenvalue weighted by Gasteiger charge is 2.52. The highest BCUT2D eigenvalue weighted by atomic mass is 16.4. The number of benzene rings is 1. The van der Waals surface area contributed by atoms with E-state index in [9.17, 15) is 14.4 Å². The van der Waals surface area contributed by atoms with Gasteiger partial charge in [-0.2, -0.15) is 0 Å². The minimum atomic E-state index is -0.441. The molecule has 1 aromatic heterocycles. The van der Waals surface area contributed by atoms with Crippen LogP contribution in [0.25, 0.3) is 11.1 Å². The van der Waals surface area contributed by atoms with Gasteiger partial charge in [-0.3, -0.25) is 14.2 Å². The lowest BCUT2D eigenvalue weighted by molar-refractivity contribution is -0.135. The lowest BCUT2D eigenvalue weighted by Crippen LogP contribution is -2.39. The molecule has 1 saturated carbocycles. The van der Waals surface area contributed by atoms with Crippen molar-refractivity contribution in [2.24, 2.45) is 11.3 Å². The molecule has 1 aliphatic carbocycles. The minimum absolute atomic E-state index is 0.00230. The Labute approximate surface area is 163 Å². The summed E-state index contributed by atoms with van der Waals surface area (Å²) in [6.07, 6.45) is 4.48. The van der Waals surface area contributed by atoms with Crippen molar-refractivity contribution in [3.63, 3.8) is 0 Å². The third-order valence-electron chi connectivity index (χ3n) is 6.46. The van der Waals surface area contributed by atoms with Crippen molar-refractivity contribution in [2.45, 2.75) is 38.6 Å². The number of para-hydroxylation sites is 2. The van der Waals surface area contributed by atoms with Gasteiger partial charge in [-0.25, -0.2) is 4.79 Å². The number of likely N-dealkylation sites (tertiary alicyclic amines) is 1. The molecule has 28 heavy (non-hydrogen) atoms. The van der Waals surface area contributed by atoms with Gasteiger partial charge in [0.25, 0.3) is 0 Å². The first-order chi connectivity index (χ1) is 13.4. The van der Waals surface area contributed by atoms with Crippen LogP contribution in [0.1, 0.15) is 32.1 Å². The molecule has 4 rings (SSSR count). The van der Waals surface area contributed by atoms with E-state index in [2.05, 4.69) is 0 Å². The molecule has 1 saturated heterocycles. The predicted molar refractivity (Wildman–Crippen MR) is 105 cm³/mol. The van der Waals surface area contributed by atoms with Crippen LogP contribution in [0.2, 0.25) is 0 Å². The Balaban J connectivity index is 1.48. The summed E-state index contributed by atoms with van der Waals surface area (Å²) in [5, 5.41) is 0. The van der Waals surface area contributed by atoms with Crippen LogP contribution in [0.4, 0.5) is 0 Å². The van der Waals surface area contributed by atoms with Gasteiger partial charge < -0.3 is 14.2 Å². The summed E-state index contributed by atoms with van der Waals surface area (Å²) in [6.45, 7) is 1.42.